The number of morpholine rings is 1. The summed E-state index contributed by atoms with van der Waals surface area (Å²) in [4.78, 5) is 27.4. The van der Waals surface area contributed by atoms with Crippen molar-refractivity contribution in [1.82, 2.24) is 14.9 Å². The molecule has 0 aliphatic carbocycles. The zero-order valence-electron chi connectivity index (χ0n) is 16.5. The molecule has 0 atom stereocenters. The number of nitrogens with zero attached hydrogens (tertiary/aromatic N) is 4. The summed E-state index contributed by atoms with van der Waals surface area (Å²) in [5, 5.41) is 2.98. The smallest absolute Gasteiger partial charge is 0.314 e. The lowest BCUT2D eigenvalue weighted by atomic mass is 10.1. The van der Waals surface area contributed by atoms with E-state index in [4.69, 9.17) is 11.3 Å². The predicted octanol–water partition coefficient (Wildman–Crippen LogP) is 3.04. The van der Waals surface area contributed by atoms with E-state index in [2.05, 4.69) is 42.1 Å². The predicted molar refractivity (Wildman–Crippen MR) is 111 cm³/mol. The van der Waals surface area contributed by atoms with Crippen LogP contribution in [-0.2, 0) is 11.3 Å². The molecule has 2 saturated heterocycles. The number of aromatic amines is 1. The van der Waals surface area contributed by atoms with Crippen LogP contribution >= 0.6 is 0 Å². The molecule has 0 saturated carbocycles. The molecule has 152 valence electrons. The Hall–Kier alpha value is -2.89. The minimum absolute atomic E-state index is 0.151. The number of amides is 1. The molecule has 1 aromatic carbocycles. The number of carbonyl (C=O) groups excluding carboxylic acids is 1. The van der Waals surface area contributed by atoms with Crippen LogP contribution in [0.3, 0.4) is 0 Å². The first-order chi connectivity index (χ1) is 14.2. The summed E-state index contributed by atoms with van der Waals surface area (Å²) in [6.45, 7) is 13.3. The second-order valence-electron chi connectivity index (χ2n) is 7.47. The lowest BCUT2D eigenvalue weighted by molar-refractivity contribution is 0.0342. The van der Waals surface area contributed by atoms with Gasteiger partial charge in [-0.1, -0.05) is 12.6 Å². The standard InChI is InChI=1S/C21H26N6O2/c1-22-19-14-23-20(25-19)21(28)24-17-6-5-16(15-26-9-11-29-12-10-26)13-18(17)27-7-3-2-4-8-27/h5-6,13-14H,2-4,7-12,15H2,(H,23,25)(H,24,28). The summed E-state index contributed by atoms with van der Waals surface area (Å²) in [7, 11) is 0. The van der Waals surface area contributed by atoms with Gasteiger partial charge in [-0.05, 0) is 37.0 Å². The maximum absolute atomic E-state index is 12.6. The molecular formula is C21H26N6O2. The average molecular weight is 394 g/mol. The summed E-state index contributed by atoms with van der Waals surface area (Å²) in [6.07, 6.45) is 4.94. The zero-order valence-corrected chi connectivity index (χ0v) is 16.5. The molecule has 3 heterocycles. The van der Waals surface area contributed by atoms with Gasteiger partial charge in [0.05, 0.1) is 30.8 Å². The van der Waals surface area contributed by atoms with E-state index in [9.17, 15) is 4.79 Å². The SMILES string of the molecule is [C-]#[N+]c1cnc(C(=O)Nc2ccc(CN3CCOCC3)cc2N2CCCCC2)[nH]1. The molecular weight excluding hydrogens is 368 g/mol. The number of nitrogens with one attached hydrogen (secondary N) is 2. The van der Waals surface area contributed by atoms with E-state index < -0.39 is 0 Å². The normalized spacial score (nSPS) is 17.7. The van der Waals surface area contributed by atoms with Crippen LogP contribution < -0.4 is 10.2 Å². The fourth-order valence-corrected chi connectivity index (χ4v) is 3.86. The van der Waals surface area contributed by atoms with Crippen molar-refractivity contribution in [3.8, 4) is 0 Å². The van der Waals surface area contributed by atoms with Crippen molar-refractivity contribution in [1.29, 1.82) is 0 Å². The van der Waals surface area contributed by atoms with Gasteiger partial charge in [-0.3, -0.25) is 14.7 Å². The lowest BCUT2D eigenvalue weighted by Crippen LogP contribution is -2.35. The van der Waals surface area contributed by atoms with Crippen molar-refractivity contribution < 1.29 is 9.53 Å². The van der Waals surface area contributed by atoms with E-state index in [1.54, 1.807) is 0 Å². The topological polar surface area (TPSA) is 77.9 Å². The second-order valence-corrected chi connectivity index (χ2v) is 7.47. The monoisotopic (exact) mass is 394 g/mol. The first-order valence-corrected chi connectivity index (χ1v) is 10.1. The minimum atomic E-state index is -0.334. The maximum Gasteiger partial charge on any atom is 0.314 e. The number of hydrogen-bond acceptors (Lipinski definition) is 5. The van der Waals surface area contributed by atoms with Crippen molar-refractivity contribution in [3.63, 3.8) is 0 Å². The highest BCUT2D eigenvalue weighted by Gasteiger charge is 2.20. The van der Waals surface area contributed by atoms with Gasteiger partial charge in [-0.25, -0.2) is 4.98 Å². The molecule has 2 aliphatic heterocycles. The highest BCUT2D eigenvalue weighted by Crippen LogP contribution is 2.31. The molecule has 8 nitrogen and oxygen atoms in total. The van der Waals surface area contributed by atoms with Crippen molar-refractivity contribution in [2.45, 2.75) is 25.8 Å². The van der Waals surface area contributed by atoms with E-state index in [1.165, 1.54) is 18.2 Å². The fourth-order valence-electron chi connectivity index (χ4n) is 3.86. The van der Waals surface area contributed by atoms with Gasteiger partial charge in [0, 0.05) is 32.7 Å². The average Bonchev–Trinajstić information content (AvgIpc) is 3.26. The molecule has 8 heteroatoms. The Kier molecular flexibility index (Phi) is 6.08. The molecule has 29 heavy (non-hydrogen) atoms. The van der Waals surface area contributed by atoms with Crippen molar-refractivity contribution in [2.75, 3.05) is 49.6 Å². The van der Waals surface area contributed by atoms with Gasteiger partial charge in [-0.2, -0.15) is 0 Å². The van der Waals surface area contributed by atoms with E-state index in [-0.39, 0.29) is 17.5 Å². The van der Waals surface area contributed by atoms with Crippen LogP contribution in [0.4, 0.5) is 17.2 Å². The lowest BCUT2D eigenvalue weighted by Gasteiger charge is -2.32. The van der Waals surface area contributed by atoms with Crippen molar-refractivity contribution in [3.05, 3.63) is 47.2 Å². The molecule has 2 aliphatic rings. The third kappa shape index (κ3) is 4.75. The van der Waals surface area contributed by atoms with Crippen LogP contribution in [0.5, 0.6) is 0 Å². The number of benzene rings is 1. The summed E-state index contributed by atoms with van der Waals surface area (Å²) < 4.78 is 5.45. The molecule has 0 unspecified atom stereocenters. The number of aromatic nitrogens is 2. The van der Waals surface area contributed by atoms with Gasteiger partial charge in [0.25, 0.3) is 5.82 Å². The van der Waals surface area contributed by atoms with Gasteiger partial charge in [0.1, 0.15) is 0 Å². The maximum atomic E-state index is 12.6. The molecule has 2 N–H and O–H groups in total. The summed E-state index contributed by atoms with van der Waals surface area (Å²) in [5.41, 5.74) is 3.07. The highest BCUT2D eigenvalue weighted by molar-refractivity contribution is 6.03. The Labute approximate surface area is 170 Å². The number of H-pyrrole nitrogens is 1. The number of anilines is 2. The third-order valence-corrected chi connectivity index (χ3v) is 5.41. The highest BCUT2D eigenvalue weighted by atomic mass is 16.5. The van der Waals surface area contributed by atoms with E-state index >= 15 is 0 Å². The number of carbonyl (C=O) groups is 1. The molecule has 4 rings (SSSR count). The Morgan fingerprint density at radius 1 is 1.21 bits per heavy atom. The van der Waals surface area contributed by atoms with Crippen LogP contribution in [0.2, 0.25) is 0 Å². The van der Waals surface area contributed by atoms with E-state index in [0.717, 1.165) is 70.2 Å². The molecule has 1 aromatic heterocycles. The van der Waals surface area contributed by atoms with Crippen LogP contribution in [0, 0.1) is 6.57 Å². The van der Waals surface area contributed by atoms with E-state index in [0.29, 0.717) is 0 Å². The number of imidazole rings is 1. The summed E-state index contributed by atoms with van der Waals surface area (Å²) in [5.74, 6) is 0.0735. The van der Waals surface area contributed by atoms with Gasteiger partial charge in [0.15, 0.2) is 0 Å². The molecule has 2 fully saturated rings. The Morgan fingerprint density at radius 3 is 2.72 bits per heavy atom. The van der Waals surface area contributed by atoms with Gasteiger partial charge >= 0.3 is 5.91 Å². The molecule has 0 spiro atoms. The number of rotatable bonds is 5. The first-order valence-electron chi connectivity index (χ1n) is 10.1. The number of piperidine rings is 1. The largest absolute Gasteiger partial charge is 0.379 e. The minimum Gasteiger partial charge on any atom is -0.379 e. The van der Waals surface area contributed by atoms with Crippen LogP contribution in [0.25, 0.3) is 4.85 Å². The first kappa shape index (κ1) is 19.4. The van der Waals surface area contributed by atoms with Crippen LogP contribution in [0.1, 0.15) is 35.4 Å². The molecule has 0 radical (unpaired) electrons. The Morgan fingerprint density at radius 2 is 2.00 bits per heavy atom. The van der Waals surface area contributed by atoms with Crippen molar-refractivity contribution >= 4 is 23.1 Å². The van der Waals surface area contributed by atoms with Gasteiger partial charge in [0.2, 0.25) is 5.82 Å². The van der Waals surface area contributed by atoms with E-state index in [1.807, 2.05) is 6.07 Å². The van der Waals surface area contributed by atoms with Crippen LogP contribution in [-0.4, -0.2) is 60.2 Å². The fraction of sp³-hybridized carbons (Fsp3) is 0.476. The summed E-state index contributed by atoms with van der Waals surface area (Å²) >= 11 is 0. The summed E-state index contributed by atoms with van der Waals surface area (Å²) in [6, 6.07) is 6.25. The zero-order chi connectivity index (χ0) is 20.1. The number of ether oxygens (including phenoxy) is 1. The molecule has 0 bridgehead atoms. The third-order valence-electron chi connectivity index (χ3n) is 5.41. The number of hydrogen-bond donors (Lipinski definition) is 2. The van der Waals surface area contributed by atoms with Crippen molar-refractivity contribution in [2.24, 2.45) is 0 Å². The Balaban J connectivity index is 1.55. The second kappa shape index (κ2) is 9.07. The Bertz CT molecular complexity index is 891. The van der Waals surface area contributed by atoms with Crippen LogP contribution in [0.15, 0.2) is 24.4 Å². The quantitative estimate of drug-likeness (QED) is 0.763. The molecule has 2 aromatic rings. The molecule has 1 amide bonds. The van der Waals surface area contributed by atoms with Gasteiger partial charge < -0.3 is 19.8 Å². The van der Waals surface area contributed by atoms with Gasteiger partial charge in [-0.15, -0.1) is 0 Å².